The summed E-state index contributed by atoms with van der Waals surface area (Å²) in [5.74, 6) is 1.45. The quantitative estimate of drug-likeness (QED) is 0.279. The van der Waals surface area contributed by atoms with Gasteiger partial charge in [-0.05, 0) is 25.0 Å². The van der Waals surface area contributed by atoms with Gasteiger partial charge in [0.05, 0.1) is 17.3 Å². The van der Waals surface area contributed by atoms with Crippen LogP contribution in [0.3, 0.4) is 0 Å². The van der Waals surface area contributed by atoms with E-state index in [9.17, 15) is 8.42 Å². The monoisotopic (exact) mass is 481 g/mol. The normalized spacial score (nSPS) is 17.8. The summed E-state index contributed by atoms with van der Waals surface area (Å²) in [5.41, 5.74) is 0. The molecule has 1 atom stereocenters. The number of benzene rings is 1. The summed E-state index contributed by atoms with van der Waals surface area (Å²) in [5, 5.41) is 3.24. The van der Waals surface area contributed by atoms with E-state index in [-0.39, 0.29) is 29.7 Å². The van der Waals surface area contributed by atoms with Gasteiger partial charge in [0.25, 0.3) is 0 Å². The van der Waals surface area contributed by atoms with Crippen molar-refractivity contribution >= 4 is 39.8 Å². The maximum absolute atomic E-state index is 12.2. The first-order valence-electron chi connectivity index (χ1n) is 8.30. The number of guanidine groups is 1. The predicted octanol–water partition coefficient (Wildman–Crippen LogP) is 2.01. The molecule has 0 aromatic heterocycles. The molecule has 0 bridgehead atoms. The van der Waals surface area contributed by atoms with E-state index < -0.39 is 9.84 Å². The molecule has 0 radical (unpaired) electrons. The molecule has 0 aliphatic carbocycles. The van der Waals surface area contributed by atoms with E-state index in [4.69, 9.17) is 4.74 Å². The Balaban J connectivity index is 0.00000312. The molecule has 1 aliphatic rings. The Morgan fingerprint density at radius 1 is 1.36 bits per heavy atom. The third kappa shape index (κ3) is 7.10. The lowest BCUT2D eigenvalue weighted by atomic mass is 10.1. The summed E-state index contributed by atoms with van der Waals surface area (Å²) in [6, 6.07) is 8.58. The van der Waals surface area contributed by atoms with Crippen molar-refractivity contribution in [3.8, 4) is 0 Å². The highest BCUT2D eigenvalue weighted by Gasteiger charge is 2.19. The lowest BCUT2D eigenvalue weighted by Crippen LogP contribution is -2.42. The standard InChI is InChI=1S/C17H27N3O3S.HI/c1-18-17(20(2)13-15-9-11-23-14-15)19-10-6-12-24(21,22)16-7-4-3-5-8-16;/h3-5,7-8,15H,6,9-14H2,1-2H3,(H,18,19);1H. The number of rotatable bonds is 7. The first-order valence-corrected chi connectivity index (χ1v) is 9.95. The van der Waals surface area contributed by atoms with Crippen molar-refractivity contribution in [3.05, 3.63) is 30.3 Å². The number of sulfone groups is 1. The number of hydrogen-bond acceptors (Lipinski definition) is 4. The molecule has 6 nitrogen and oxygen atoms in total. The molecule has 1 aliphatic heterocycles. The molecule has 1 aromatic rings. The summed E-state index contributed by atoms with van der Waals surface area (Å²) in [6.45, 7) is 3.10. The molecule has 1 unspecified atom stereocenters. The summed E-state index contributed by atoms with van der Waals surface area (Å²) in [7, 11) is 0.521. The summed E-state index contributed by atoms with van der Waals surface area (Å²) < 4.78 is 29.9. The van der Waals surface area contributed by atoms with E-state index in [1.165, 1.54) is 0 Å². The van der Waals surface area contributed by atoms with Crippen LogP contribution < -0.4 is 5.32 Å². The molecule has 1 heterocycles. The van der Waals surface area contributed by atoms with Crippen molar-refractivity contribution in [1.82, 2.24) is 10.2 Å². The topological polar surface area (TPSA) is 71.0 Å². The van der Waals surface area contributed by atoms with Gasteiger partial charge in [-0.25, -0.2) is 8.42 Å². The fraction of sp³-hybridized carbons (Fsp3) is 0.588. The third-order valence-electron chi connectivity index (χ3n) is 4.10. The average molecular weight is 481 g/mol. The largest absolute Gasteiger partial charge is 0.381 e. The van der Waals surface area contributed by atoms with Crippen LogP contribution in [0.2, 0.25) is 0 Å². The van der Waals surface area contributed by atoms with Crippen LogP contribution >= 0.6 is 24.0 Å². The molecule has 0 spiro atoms. The SMILES string of the molecule is CN=C(NCCCS(=O)(=O)c1ccccc1)N(C)CC1CCOC1.I. The van der Waals surface area contributed by atoms with Gasteiger partial charge in [0.1, 0.15) is 0 Å². The first-order chi connectivity index (χ1) is 11.5. The zero-order valence-corrected chi connectivity index (χ0v) is 18.0. The minimum atomic E-state index is -3.21. The molecule has 2 rings (SSSR count). The Labute approximate surface area is 168 Å². The minimum Gasteiger partial charge on any atom is -0.381 e. The van der Waals surface area contributed by atoms with Gasteiger partial charge in [0, 0.05) is 39.7 Å². The molecule has 0 amide bonds. The highest BCUT2D eigenvalue weighted by atomic mass is 127. The number of aliphatic imine (C=N–C) groups is 1. The van der Waals surface area contributed by atoms with E-state index >= 15 is 0 Å². The second kappa shape index (κ2) is 11.0. The van der Waals surface area contributed by atoms with E-state index in [1.54, 1.807) is 31.3 Å². The Bertz CT molecular complexity index is 632. The maximum atomic E-state index is 12.2. The molecule has 1 N–H and O–H groups in total. The smallest absolute Gasteiger partial charge is 0.193 e. The molecule has 1 fully saturated rings. The zero-order valence-electron chi connectivity index (χ0n) is 14.8. The van der Waals surface area contributed by atoms with Crippen LogP contribution in [0.25, 0.3) is 0 Å². The average Bonchev–Trinajstić information content (AvgIpc) is 3.08. The molecular formula is C17H28IN3O3S. The van der Waals surface area contributed by atoms with Crippen LogP contribution in [-0.4, -0.2) is 65.4 Å². The second-order valence-corrected chi connectivity index (χ2v) is 8.18. The lowest BCUT2D eigenvalue weighted by molar-refractivity contribution is 0.181. The summed E-state index contributed by atoms with van der Waals surface area (Å²) >= 11 is 0. The third-order valence-corrected chi connectivity index (χ3v) is 5.92. The molecule has 0 saturated carbocycles. The minimum absolute atomic E-state index is 0. The molecular weight excluding hydrogens is 453 g/mol. The first kappa shape index (κ1) is 22.2. The predicted molar refractivity (Wildman–Crippen MR) is 111 cm³/mol. The van der Waals surface area contributed by atoms with Crippen LogP contribution in [0.15, 0.2) is 40.2 Å². The van der Waals surface area contributed by atoms with Crippen molar-refractivity contribution in [2.45, 2.75) is 17.7 Å². The van der Waals surface area contributed by atoms with Gasteiger partial charge in [-0.2, -0.15) is 0 Å². The Kier molecular flexibility index (Phi) is 9.73. The maximum Gasteiger partial charge on any atom is 0.193 e. The molecule has 25 heavy (non-hydrogen) atoms. The number of nitrogens with zero attached hydrogens (tertiary/aromatic N) is 2. The lowest BCUT2D eigenvalue weighted by Gasteiger charge is -2.24. The van der Waals surface area contributed by atoms with E-state index in [0.29, 0.717) is 23.8 Å². The van der Waals surface area contributed by atoms with Gasteiger partial charge in [-0.15, -0.1) is 24.0 Å². The van der Waals surface area contributed by atoms with Crippen molar-refractivity contribution in [2.24, 2.45) is 10.9 Å². The van der Waals surface area contributed by atoms with E-state index in [0.717, 1.165) is 32.1 Å². The van der Waals surface area contributed by atoms with Crippen molar-refractivity contribution < 1.29 is 13.2 Å². The number of ether oxygens (including phenoxy) is 1. The molecule has 1 saturated heterocycles. The van der Waals surface area contributed by atoms with Crippen molar-refractivity contribution in [3.63, 3.8) is 0 Å². The van der Waals surface area contributed by atoms with Crippen LogP contribution in [0, 0.1) is 5.92 Å². The van der Waals surface area contributed by atoms with Gasteiger partial charge in [-0.3, -0.25) is 4.99 Å². The Morgan fingerprint density at radius 3 is 2.68 bits per heavy atom. The highest BCUT2D eigenvalue weighted by molar-refractivity contribution is 14.0. The fourth-order valence-electron chi connectivity index (χ4n) is 2.79. The van der Waals surface area contributed by atoms with Crippen LogP contribution in [0.4, 0.5) is 0 Å². The van der Waals surface area contributed by atoms with Gasteiger partial charge >= 0.3 is 0 Å². The van der Waals surface area contributed by atoms with Crippen LogP contribution in [0.5, 0.6) is 0 Å². The van der Waals surface area contributed by atoms with E-state index in [1.807, 2.05) is 13.1 Å². The fourth-order valence-corrected chi connectivity index (χ4v) is 4.13. The summed E-state index contributed by atoms with van der Waals surface area (Å²) in [6.07, 6.45) is 1.62. The number of hydrogen-bond donors (Lipinski definition) is 1. The van der Waals surface area contributed by atoms with Crippen molar-refractivity contribution in [1.29, 1.82) is 0 Å². The van der Waals surface area contributed by atoms with Gasteiger partial charge in [0.2, 0.25) is 0 Å². The van der Waals surface area contributed by atoms with Crippen LogP contribution in [0.1, 0.15) is 12.8 Å². The van der Waals surface area contributed by atoms with Crippen LogP contribution in [-0.2, 0) is 14.6 Å². The molecule has 142 valence electrons. The van der Waals surface area contributed by atoms with E-state index in [2.05, 4.69) is 15.2 Å². The van der Waals surface area contributed by atoms with Gasteiger partial charge in [0.15, 0.2) is 15.8 Å². The zero-order chi connectivity index (χ0) is 17.4. The second-order valence-electron chi connectivity index (χ2n) is 6.07. The van der Waals surface area contributed by atoms with Crippen molar-refractivity contribution in [2.75, 3.05) is 46.2 Å². The Hall–Kier alpha value is -0.870. The summed E-state index contributed by atoms with van der Waals surface area (Å²) in [4.78, 5) is 6.72. The molecule has 1 aromatic carbocycles. The van der Waals surface area contributed by atoms with Gasteiger partial charge < -0.3 is 15.0 Å². The number of nitrogens with one attached hydrogen (secondary N) is 1. The number of halogens is 1. The Morgan fingerprint density at radius 2 is 2.08 bits per heavy atom. The van der Waals surface area contributed by atoms with Gasteiger partial charge in [-0.1, -0.05) is 18.2 Å². The molecule has 8 heteroatoms. The highest BCUT2D eigenvalue weighted by Crippen LogP contribution is 2.13.